The van der Waals surface area contributed by atoms with Crippen LogP contribution in [0.5, 0.6) is 0 Å². The second kappa shape index (κ2) is 6.20. The number of rotatable bonds is 5. The van der Waals surface area contributed by atoms with E-state index in [1.54, 1.807) is 6.07 Å². The monoisotopic (exact) mass is 279 g/mol. The number of likely N-dealkylation sites (tertiary alicyclic amines) is 1. The number of hydrogen-bond donors (Lipinski definition) is 1. The van der Waals surface area contributed by atoms with Crippen molar-refractivity contribution in [3.63, 3.8) is 0 Å². The van der Waals surface area contributed by atoms with E-state index in [1.165, 1.54) is 6.07 Å². The molecule has 2 rings (SSSR count). The average Bonchev–Trinajstić information content (AvgIpc) is 2.92. The fraction of sp³-hybridized carbons (Fsp3) is 0.625. The normalized spacial score (nSPS) is 23.2. The Balaban J connectivity index is 2.12. The summed E-state index contributed by atoms with van der Waals surface area (Å²) in [5.41, 5.74) is 6.61. The van der Waals surface area contributed by atoms with E-state index < -0.39 is 0 Å². The topological polar surface area (TPSA) is 32.5 Å². The number of nitrogens with two attached hydrogens (primary N) is 1. The lowest BCUT2D eigenvalue weighted by Gasteiger charge is -2.38. The summed E-state index contributed by atoms with van der Waals surface area (Å²) in [5, 5.41) is 0. The van der Waals surface area contributed by atoms with Gasteiger partial charge >= 0.3 is 0 Å². The summed E-state index contributed by atoms with van der Waals surface area (Å²) in [6.07, 6.45) is 1.82. The molecule has 1 aromatic carbocycles. The van der Waals surface area contributed by atoms with Gasteiger partial charge in [-0.15, -0.1) is 0 Å². The van der Waals surface area contributed by atoms with Crippen molar-refractivity contribution >= 4 is 0 Å². The van der Waals surface area contributed by atoms with Crippen molar-refractivity contribution in [3.05, 3.63) is 35.6 Å². The van der Waals surface area contributed by atoms with Crippen molar-refractivity contribution in [1.29, 1.82) is 0 Å². The highest BCUT2D eigenvalue weighted by molar-refractivity contribution is 5.20. The lowest BCUT2D eigenvalue weighted by molar-refractivity contribution is 0.130. The predicted octanol–water partition coefficient (Wildman–Crippen LogP) is 1.72. The molecule has 1 aliphatic rings. The van der Waals surface area contributed by atoms with E-state index in [-0.39, 0.29) is 11.4 Å². The summed E-state index contributed by atoms with van der Waals surface area (Å²) in [6, 6.07) is 7.58. The third kappa shape index (κ3) is 3.19. The van der Waals surface area contributed by atoms with Gasteiger partial charge in [-0.2, -0.15) is 0 Å². The fourth-order valence-corrected chi connectivity index (χ4v) is 3.02. The second-order valence-electron chi connectivity index (χ2n) is 6.32. The summed E-state index contributed by atoms with van der Waals surface area (Å²) in [6.45, 7) is 4.74. The van der Waals surface area contributed by atoms with Crippen molar-refractivity contribution in [3.8, 4) is 0 Å². The Kier molecular flexibility index (Phi) is 4.78. The summed E-state index contributed by atoms with van der Waals surface area (Å²) < 4.78 is 13.9. The Labute approximate surface area is 121 Å². The molecule has 112 valence electrons. The first-order valence-corrected chi connectivity index (χ1v) is 7.31. The zero-order valence-corrected chi connectivity index (χ0v) is 12.8. The maximum Gasteiger partial charge on any atom is 0.126 e. The van der Waals surface area contributed by atoms with Crippen molar-refractivity contribution in [2.75, 3.05) is 33.7 Å². The molecule has 20 heavy (non-hydrogen) atoms. The number of likely N-dealkylation sites (N-methyl/N-ethyl adjacent to an activating group) is 1. The third-order valence-corrected chi connectivity index (χ3v) is 4.63. The molecule has 1 heterocycles. The number of nitrogens with zero attached hydrogens (tertiary/aromatic N) is 2. The molecule has 2 unspecified atom stereocenters. The van der Waals surface area contributed by atoms with Gasteiger partial charge in [0, 0.05) is 31.2 Å². The van der Waals surface area contributed by atoms with Gasteiger partial charge in [-0.3, -0.25) is 4.90 Å². The van der Waals surface area contributed by atoms with Crippen LogP contribution in [0.2, 0.25) is 0 Å². The van der Waals surface area contributed by atoms with E-state index in [9.17, 15) is 4.39 Å². The maximum atomic E-state index is 13.9. The van der Waals surface area contributed by atoms with Crippen molar-refractivity contribution in [2.45, 2.75) is 31.3 Å². The molecule has 1 fully saturated rings. The van der Waals surface area contributed by atoms with Gasteiger partial charge in [0.1, 0.15) is 5.82 Å². The minimum atomic E-state index is -0.174. The average molecular weight is 279 g/mol. The van der Waals surface area contributed by atoms with E-state index >= 15 is 0 Å². The van der Waals surface area contributed by atoms with Gasteiger partial charge in [0.2, 0.25) is 0 Å². The zero-order valence-electron chi connectivity index (χ0n) is 12.8. The van der Waals surface area contributed by atoms with Crippen molar-refractivity contribution in [2.24, 2.45) is 5.73 Å². The minimum Gasteiger partial charge on any atom is -0.329 e. The first-order chi connectivity index (χ1) is 9.46. The lowest BCUT2D eigenvalue weighted by atomic mass is 9.91. The van der Waals surface area contributed by atoms with Crippen molar-refractivity contribution < 1.29 is 4.39 Å². The van der Waals surface area contributed by atoms with Crippen molar-refractivity contribution in [1.82, 2.24) is 9.80 Å². The molecule has 1 aliphatic heterocycles. The van der Waals surface area contributed by atoms with Gasteiger partial charge in [-0.05, 0) is 45.5 Å². The summed E-state index contributed by atoms with van der Waals surface area (Å²) >= 11 is 0. The smallest absolute Gasteiger partial charge is 0.126 e. The Hall–Kier alpha value is -0.970. The molecule has 4 heteroatoms. The minimum absolute atomic E-state index is 0.129. The van der Waals surface area contributed by atoms with E-state index in [1.807, 2.05) is 12.1 Å². The van der Waals surface area contributed by atoms with Gasteiger partial charge in [0.05, 0.1) is 0 Å². The van der Waals surface area contributed by atoms with E-state index in [4.69, 9.17) is 5.73 Å². The predicted molar refractivity (Wildman–Crippen MR) is 81.2 cm³/mol. The third-order valence-electron chi connectivity index (χ3n) is 4.63. The van der Waals surface area contributed by atoms with Crippen LogP contribution in [0.1, 0.15) is 18.9 Å². The molecule has 0 spiro atoms. The summed E-state index contributed by atoms with van der Waals surface area (Å²) in [7, 11) is 4.23. The molecule has 0 saturated carbocycles. The molecule has 0 amide bonds. The fourth-order valence-electron chi connectivity index (χ4n) is 3.02. The first kappa shape index (κ1) is 15.4. The lowest BCUT2D eigenvalue weighted by Crippen LogP contribution is -2.53. The highest BCUT2D eigenvalue weighted by Gasteiger charge is 2.37. The second-order valence-corrected chi connectivity index (χ2v) is 6.32. The maximum absolute atomic E-state index is 13.9. The number of hydrogen-bond acceptors (Lipinski definition) is 3. The van der Waals surface area contributed by atoms with E-state index in [0.717, 1.165) is 25.1 Å². The SMILES string of the molecule is CN(C)C1CCN(C(C)(CN)Cc2ccccc2F)C1. The molecule has 0 bridgehead atoms. The van der Waals surface area contributed by atoms with Crippen LogP contribution < -0.4 is 5.73 Å². The Bertz CT molecular complexity index is 449. The highest BCUT2D eigenvalue weighted by Crippen LogP contribution is 2.27. The molecule has 0 radical (unpaired) electrons. The molecule has 1 saturated heterocycles. The van der Waals surface area contributed by atoms with Crippen LogP contribution in [-0.2, 0) is 6.42 Å². The van der Waals surface area contributed by atoms with Gasteiger partial charge < -0.3 is 10.6 Å². The van der Waals surface area contributed by atoms with Crippen LogP contribution in [0.25, 0.3) is 0 Å². The molecule has 1 aromatic rings. The Morgan fingerprint density at radius 3 is 2.65 bits per heavy atom. The number of halogens is 1. The molecule has 3 nitrogen and oxygen atoms in total. The molecular formula is C16H26FN3. The molecule has 2 N–H and O–H groups in total. The molecular weight excluding hydrogens is 253 g/mol. The molecule has 0 aromatic heterocycles. The van der Waals surface area contributed by atoms with Crippen LogP contribution in [0.3, 0.4) is 0 Å². The number of benzene rings is 1. The Morgan fingerprint density at radius 1 is 1.40 bits per heavy atom. The highest BCUT2D eigenvalue weighted by atomic mass is 19.1. The molecule has 0 aliphatic carbocycles. The van der Waals surface area contributed by atoms with Gasteiger partial charge in [-0.25, -0.2) is 4.39 Å². The standard InChI is InChI=1S/C16H26FN3/c1-16(12-18,10-13-6-4-5-7-15(13)17)20-9-8-14(11-20)19(2)3/h4-7,14H,8-12,18H2,1-3H3. The quantitative estimate of drug-likeness (QED) is 0.891. The largest absolute Gasteiger partial charge is 0.329 e. The van der Waals surface area contributed by atoms with Gasteiger partial charge in [0.25, 0.3) is 0 Å². The van der Waals surface area contributed by atoms with Crippen LogP contribution in [0.15, 0.2) is 24.3 Å². The summed E-state index contributed by atoms with van der Waals surface area (Å²) in [5.74, 6) is -0.129. The zero-order chi connectivity index (χ0) is 14.8. The van der Waals surface area contributed by atoms with E-state index in [0.29, 0.717) is 19.0 Å². The summed E-state index contributed by atoms with van der Waals surface area (Å²) in [4.78, 5) is 4.68. The molecule has 2 atom stereocenters. The van der Waals surface area contributed by atoms with Crippen LogP contribution in [0, 0.1) is 5.82 Å². The van der Waals surface area contributed by atoms with E-state index in [2.05, 4.69) is 30.8 Å². The van der Waals surface area contributed by atoms with Gasteiger partial charge in [-0.1, -0.05) is 18.2 Å². The van der Waals surface area contributed by atoms with Crippen LogP contribution in [-0.4, -0.2) is 55.1 Å². The Morgan fingerprint density at radius 2 is 2.10 bits per heavy atom. The van der Waals surface area contributed by atoms with Crippen LogP contribution in [0.4, 0.5) is 4.39 Å². The first-order valence-electron chi connectivity index (χ1n) is 7.31. The van der Waals surface area contributed by atoms with Gasteiger partial charge in [0.15, 0.2) is 0 Å². The van der Waals surface area contributed by atoms with Crippen LogP contribution >= 0.6 is 0 Å².